The van der Waals surface area contributed by atoms with Gasteiger partial charge in [-0.15, -0.1) is 0 Å². The molecule has 0 saturated carbocycles. The summed E-state index contributed by atoms with van der Waals surface area (Å²) < 4.78 is 11.0. The topological polar surface area (TPSA) is 105 Å². The monoisotopic (exact) mass is 365 g/mol. The van der Waals surface area contributed by atoms with E-state index in [4.69, 9.17) is 14.6 Å². The van der Waals surface area contributed by atoms with Crippen molar-refractivity contribution in [1.82, 2.24) is 5.32 Å². The van der Waals surface area contributed by atoms with Gasteiger partial charge in [-0.1, -0.05) is 44.6 Å². The van der Waals surface area contributed by atoms with Gasteiger partial charge in [0.1, 0.15) is 11.6 Å². The van der Waals surface area contributed by atoms with Gasteiger partial charge in [-0.3, -0.25) is 4.79 Å². The number of carbonyl (C=O) groups is 3. The Morgan fingerprint density at radius 3 is 2.38 bits per heavy atom. The molecule has 0 aliphatic carbocycles. The summed E-state index contributed by atoms with van der Waals surface area (Å²) in [6.45, 7) is 7.47. The van der Waals surface area contributed by atoms with Crippen LogP contribution in [0.15, 0.2) is 36.5 Å². The first kappa shape index (κ1) is 21.6. The van der Waals surface area contributed by atoms with Crippen LogP contribution in [0.1, 0.15) is 34.1 Å². The molecular weight excluding hydrogens is 338 g/mol. The number of allylic oxidation sites excluding steroid dienone is 4. The van der Waals surface area contributed by atoms with Gasteiger partial charge in [0.05, 0.1) is 6.61 Å². The molecule has 1 heterocycles. The molecule has 0 aromatic carbocycles. The van der Waals surface area contributed by atoms with Crippen LogP contribution in [0.4, 0.5) is 0 Å². The Morgan fingerprint density at radius 1 is 1.27 bits per heavy atom. The number of carboxylic acid groups (broad SMARTS) is 1. The van der Waals surface area contributed by atoms with Gasteiger partial charge < -0.3 is 19.9 Å². The molecule has 26 heavy (non-hydrogen) atoms. The predicted octanol–water partition coefficient (Wildman–Crippen LogP) is 1.99. The third-order valence-electron chi connectivity index (χ3n) is 4.13. The summed E-state index contributed by atoms with van der Waals surface area (Å²) in [5, 5.41) is 11.2. The minimum absolute atomic E-state index is 0.0648. The van der Waals surface area contributed by atoms with Gasteiger partial charge in [-0.2, -0.15) is 0 Å². The second-order valence-electron chi connectivity index (χ2n) is 6.49. The predicted molar refractivity (Wildman–Crippen MR) is 96.4 cm³/mol. The maximum absolute atomic E-state index is 12.6. The second-order valence-corrected chi connectivity index (χ2v) is 6.49. The molecule has 0 unspecified atom stereocenters. The Labute approximate surface area is 153 Å². The molecule has 0 spiro atoms. The van der Waals surface area contributed by atoms with Gasteiger partial charge >= 0.3 is 11.9 Å². The molecule has 7 nitrogen and oxygen atoms in total. The van der Waals surface area contributed by atoms with E-state index in [0.717, 1.165) is 6.08 Å². The Morgan fingerprint density at radius 2 is 1.88 bits per heavy atom. The average Bonchev–Trinajstić information content (AvgIpc) is 3.32. The Kier molecular flexibility index (Phi) is 8.25. The van der Waals surface area contributed by atoms with Gasteiger partial charge in [0.2, 0.25) is 5.91 Å². The van der Waals surface area contributed by atoms with E-state index in [2.05, 4.69) is 5.32 Å². The highest BCUT2D eigenvalue weighted by atomic mass is 16.6. The average molecular weight is 365 g/mol. The minimum atomic E-state index is -1.03. The highest BCUT2D eigenvalue weighted by molar-refractivity contribution is 5.83. The molecular formula is C19H27NO6. The van der Waals surface area contributed by atoms with E-state index < -0.39 is 29.7 Å². The first-order chi connectivity index (χ1) is 12.2. The van der Waals surface area contributed by atoms with Crippen molar-refractivity contribution in [2.75, 3.05) is 6.61 Å². The lowest BCUT2D eigenvalue weighted by atomic mass is 9.98. The van der Waals surface area contributed by atoms with E-state index >= 15 is 0 Å². The van der Waals surface area contributed by atoms with Crippen molar-refractivity contribution < 1.29 is 29.0 Å². The Balaban J connectivity index is 2.79. The molecule has 4 atom stereocenters. The number of amides is 1. The lowest BCUT2D eigenvalue weighted by Gasteiger charge is -2.25. The molecule has 0 bridgehead atoms. The molecule has 0 aromatic rings. The van der Waals surface area contributed by atoms with Gasteiger partial charge in [-0.05, 0) is 18.9 Å². The van der Waals surface area contributed by atoms with Crippen molar-refractivity contribution in [3.8, 4) is 0 Å². The molecule has 1 rings (SSSR count). The van der Waals surface area contributed by atoms with E-state index in [1.165, 1.54) is 13.0 Å². The van der Waals surface area contributed by atoms with Crippen LogP contribution in [0, 0.1) is 5.92 Å². The fourth-order valence-corrected chi connectivity index (χ4v) is 2.16. The summed E-state index contributed by atoms with van der Waals surface area (Å²) in [6, 6.07) is -0.718. The molecule has 2 N–H and O–H groups in total. The largest absolute Gasteiger partial charge is 0.478 e. The van der Waals surface area contributed by atoms with E-state index in [-0.39, 0.29) is 11.8 Å². The van der Waals surface area contributed by atoms with Crippen molar-refractivity contribution >= 4 is 17.8 Å². The summed E-state index contributed by atoms with van der Waals surface area (Å²) in [6.07, 6.45) is 9.03. The van der Waals surface area contributed by atoms with E-state index in [0.29, 0.717) is 13.0 Å². The van der Waals surface area contributed by atoms with Gasteiger partial charge in [0.25, 0.3) is 0 Å². The first-order valence-electron chi connectivity index (χ1n) is 8.55. The molecule has 1 amide bonds. The third-order valence-corrected chi connectivity index (χ3v) is 4.13. The van der Waals surface area contributed by atoms with Crippen molar-refractivity contribution in [2.24, 2.45) is 5.92 Å². The number of carboxylic acids is 1. The zero-order valence-corrected chi connectivity index (χ0v) is 15.6. The second kappa shape index (κ2) is 9.91. The van der Waals surface area contributed by atoms with Crippen LogP contribution in [0.5, 0.6) is 0 Å². The van der Waals surface area contributed by atoms with E-state index in [1.54, 1.807) is 24.3 Å². The Hall–Kier alpha value is -2.41. The smallest absolute Gasteiger partial charge is 0.329 e. The fraction of sp³-hybridized carbons (Fsp3) is 0.526. The summed E-state index contributed by atoms with van der Waals surface area (Å²) in [7, 11) is 0. The summed E-state index contributed by atoms with van der Waals surface area (Å²) >= 11 is 0. The van der Waals surface area contributed by atoms with Crippen LogP contribution in [0.25, 0.3) is 0 Å². The highest BCUT2D eigenvalue weighted by Crippen LogP contribution is 2.33. The highest BCUT2D eigenvalue weighted by Gasteiger charge is 2.49. The van der Waals surface area contributed by atoms with Crippen LogP contribution in [0.2, 0.25) is 0 Å². The maximum Gasteiger partial charge on any atom is 0.329 e. The standard InChI is InChI=1S/C19H27NO6/c1-5-13(2)17(20-14(3)21)18(24)26-15(19(4)12-25-19)10-8-6-7-9-11-16(22)23/h6-11,13,15,17H,5,12H2,1-4H3,(H,20,21)(H,22,23)/b7-6-,10-8+,11-9+/t13-,15+,17-,19-/m0/s1. The van der Waals surface area contributed by atoms with Crippen LogP contribution < -0.4 is 5.32 Å². The molecule has 7 heteroatoms. The molecule has 0 aromatic heterocycles. The van der Waals surface area contributed by atoms with E-state index in [9.17, 15) is 14.4 Å². The number of rotatable bonds is 10. The van der Waals surface area contributed by atoms with Crippen molar-refractivity contribution in [1.29, 1.82) is 0 Å². The van der Waals surface area contributed by atoms with Crippen LogP contribution in [-0.4, -0.2) is 47.3 Å². The van der Waals surface area contributed by atoms with Crippen LogP contribution >= 0.6 is 0 Å². The number of aliphatic carboxylic acids is 1. The van der Waals surface area contributed by atoms with Gasteiger partial charge in [0.15, 0.2) is 6.10 Å². The lowest BCUT2D eigenvalue weighted by molar-refractivity contribution is -0.154. The number of hydrogen-bond acceptors (Lipinski definition) is 5. The molecule has 1 saturated heterocycles. The Bertz CT molecular complexity index is 603. The summed E-state index contributed by atoms with van der Waals surface area (Å²) in [5.74, 6) is -1.89. The van der Waals surface area contributed by atoms with Crippen molar-refractivity contribution in [2.45, 2.75) is 51.9 Å². The molecule has 1 aliphatic rings. The van der Waals surface area contributed by atoms with Gasteiger partial charge in [-0.25, -0.2) is 9.59 Å². The molecule has 1 aliphatic heterocycles. The minimum Gasteiger partial charge on any atom is -0.478 e. The normalized spacial score (nSPS) is 23.1. The SMILES string of the molecule is CC[C@H](C)[C@H](NC(C)=O)C(=O)O[C@H](/C=C/C=C\C=C\C(=O)O)[C@]1(C)CO1. The number of ether oxygens (including phenoxy) is 2. The third kappa shape index (κ3) is 7.23. The zero-order valence-electron chi connectivity index (χ0n) is 15.6. The number of epoxide rings is 1. The molecule has 1 fully saturated rings. The van der Waals surface area contributed by atoms with Crippen LogP contribution in [-0.2, 0) is 23.9 Å². The van der Waals surface area contributed by atoms with E-state index in [1.807, 2.05) is 20.8 Å². The number of carbonyl (C=O) groups excluding carboxylic acids is 2. The van der Waals surface area contributed by atoms with Gasteiger partial charge in [0, 0.05) is 13.0 Å². The lowest BCUT2D eigenvalue weighted by Crippen LogP contribution is -2.47. The summed E-state index contributed by atoms with van der Waals surface area (Å²) in [5.41, 5.74) is -0.590. The first-order valence-corrected chi connectivity index (χ1v) is 8.55. The molecule has 144 valence electrons. The van der Waals surface area contributed by atoms with Crippen molar-refractivity contribution in [3.63, 3.8) is 0 Å². The zero-order chi connectivity index (χ0) is 19.7. The number of esters is 1. The molecule has 0 radical (unpaired) electrons. The number of nitrogens with one attached hydrogen (secondary N) is 1. The van der Waals surface area contributed by atoms with Crippen molar-refractivity contribution in [3.05, 3.63) is 36.5 Å². The number of hydrogen-bond donors (Lipinski definition) is 2. The maximum atomic E-state index is 12.6. The summed E-state index contributed by atoms with van der Waals surface area (Å²) in [4.78, 5) is 34.3. The quantitative estimate of drug-likeness (QED) is 0.265. The van der Waals surface area contributed by atoms with Crippen LogP contribution in [0.3, 0.4) is 0 Å². The fourth-order valence-electron chi connectivity index (χ4n) is 2.16.